The molecule has 0 radical (unpaired) electrons. The number of benzene rings is 1. The lowest BCUT2D eigenvalue weighted by Crippen LogP contribution is -1.93. The molecule has 0 unspecified atom stereocenters. The second kappa shape index (κ2) is 5.79. The molecule has 2 heterocycles. The summed E-state index contributed by atoms with van der Waals surface area (Å²) in [6, 6.07) is 5.11. The summed E-state index contributed by atoms with van der Waals surface area (Å²) in [6.07, 6.45) is 1.86. The fraction of sp³-hybridized carbons (Fsp3) is 0.154. The van der Waals surface area contributed by atoms with Gasteiger partial charge in [0.15, 0.2) is 5.69 Å². The smallest absolute Gasteiger partial charge is 0.279 e. The maximum Gasteiger partial charge on any atom is 0.279 e. The molecule has 0 saturated heterocycles. The second-order valence-corrected chi connectivity index (χ2v) is 5.93. The van der Waals surface area contributed by atoms with Gasteiger partial charge in [0, 0.05) is 23.3 Å². The van der Waals surface area contributed by atoms with Gasteiger partial charge in [0.1, 0.15) is 0 Å². The summed E-state index contributed by atoms with van der Waals surface area (Å²) in [5.74, 6) is 0.722. The predicted molar refractivity (Wildman–Crippen MR) is 84.3 cm³/mol. The van der Waals surface area contributed by atoms with Gasteiger partial charge < -0.3 is 4.52 Å². The van der Waals surface area contributed by atoms with E-state index in [1.165, 1.54) is 0 Å². The molecule has 3 aromatic rings. The van der Waals surface area contributed by atoms with Crippen molar-refractivity contribution in [1.82, 2.24) is 19.9 Å². The molecule has 0 amide bonds. The highest BCUT2D eigenvalue weighted by Crippen LogP contribution is 2.31. The van der Waals surface area contributed by atoms with Crippen LogP contribution < -0.4 is 0 Å². The van der Waals surface area contributed by atoms with Crippen LogP contribution in [0.25, 0.3) is 23.0 Å². The largest absolute Gasteiger partial charge is 0.332 e. The number of hydrogen-bond acceptors (Lipinski definition) is 4. The third kappa shape index (κ3) is 2.84. The molecule has 5 nitrogen and oxygen atoms in total. The summed E-state index contributed by atoms with van der Waals surface area (Å²) >= 11 is 15.4. The van der Waals surface area contributed by atoms with Gasteiger partial charge >= 0.3 is 0 Å². The minimum Gasteiger partial charge on any atom is -0.332 e. The van der Waals surface area contributed by atoms with E-state index >= 15 is 0 Å². The first-order valence-electron chi connectivity index (χ1n) is 6.11. The van der Waals surface area contributed by atoms with Crippen LogP contribution in [-0.4, -0.2) is 19.9 Å². The lowest BCUT2D eigenvalue weighted by atomic mass is 10.2. The van der Waals surface area contributed by atoms with Gasteiger partial charge in [-0.1, -0.05) is 28.4 Å². The molecule has 8 heteroatoms. The Morgan fingerprint density at radius 3 is 2.81 bits per heavy atom. The van der Waals surface area contributed by atoms with Crippen molar-refractivity contribution in [2.24, 2.45) is 0 Å². The van der Waals surface area contributed by atoms with E-state index in [4.69, 9.17) is 27.7 Å². The number of hydrogen-bond donors (Lipinski definition) is 0. The van der Waals surface area contributed by atoms with Crippen LogP contribution in [0.2, 0.25) is 10.0 Å². The van der Waals surface area contributed by atoms with E-state index in [1.54, 1.807) is 22.9 Å². The summed E-state index contributed by atoms with van der Waals surface area (Å²) in [5, 5.41) is 9.33. The number of aryl methyl sites for hydroxylation is 1. The molecule has 108 valence electrons. The number of aromatic nitrogens is 4. The highest BCUT2D eigenvalue weighted by atomic mass is 79.9. The van der Waals surface area contributed by atoms with E-state index in [1.807, 2.05) is 13.1 Å². The topological polar surface area (TPSA) is 56.7 Å². The first kappa shape index (κ1) is 14.6. The average molecular weight is 388 g/mol. The molecule has 0 aliphatic carbocycles. The van der Waals surface area contributed by atoms with Gasteiger partial charge in [-0.05, 0) is 41.1 Å². The molecule has 21 heavy (non-hydrogen) atoms. The molecular weight excluding hydrogens is 379 g/mol. The van der Waals surface area contributed by atoms with E-state index < -0.39 is 0 Å². The van der Waals surface area contributed by atoms with Gasteiger partial charge in [-0.3, -0.25) is 4.68 Å². The lowest BCUT2D eigenvalue weighted by Gasteiger charge is -1.98. The lowest BCUT2D eigenvalue weighted by molar-refractivity contribution is 0.430. The van der Waals surface area contributed by atoms with E-state index in [-0.39, 0.29) is 0 Å². The first-order chi connectivity index (χ1) is 10.1. The first-order valence-corrected chi connectivity index (χ1v) is 7.66. The molecule has 2 aromatic heterocycles. The van der Waals surface area contributed by atoms with E-state index in [2.05, 4.69) is 31.2 Å². The zero-order valence-electron chi connectivity index (χ0n) is 10.8. The SMILES string of the molecule is CCn1cc(Br)c(-c2nc(-c3ccc(Cl)cc3Cl)no2)n1. The third-order valence-corrected chi connectivity index (χ3v) is 3.97. The zero-order chi connectivity index (χ0) is 15.0. The van der Waals surface area contributed by atoms with Gasteiger partial charge in [-0.25, -0.2) is 0 Å². The summed E-state index contributed by atoms with van der Waals surface area (Å²) in [4.78, 5) is 4.34. The molecule has 0 aliphatic rings. The monoisotopic (exact) mass is 386 g/mol. The van der Waals surface area contributed by atoms with Crippen molar-refractivity contribution in [3.8, 4) is 23.0 Å². The van der Waals surface area contributed by atoms with E-state index in [9.17, 15) is 0 Å². The second-order valence-electron chi connectivity index (χ2n) is 4.23. The molecule has 3 rings (SSSR count). The van der Waals surface area contributed by atoms with Crippen LogP contribution in [0.1, 0.15) is 6.92 Å². The Morgan fingerprint density at radius 1 is 1.33 bits per heavy atom. The van der Waals surface area contributed by atoms with Crippen molar-refractivity contribution >= 4 is 39.1 Å². The molecule has 1 aromatic carbocycles. The normalized spacial score (nSPS) is 11.0. The van der Waals surface area contributed by atoms with Crippen molar-refractivity contribution < 1.29 is 4.52 Å². The molecule has 0 fully saturated rings. The summed E-state index contributed by atoms with van der Waals surface area (Å²) in [6.45, 7) is 2.75. The van der Waals surface area contributed by atoms with Crippen LogP contribution in [0.4, 0.5) is 0 Å². The molecular formula is C13H9BrCl2N4O. The third-order valence-electron chi connectivity index (χ3n) is 2.84. The summed E-state index contributed by atoms with van der Waals surface area (Å²) in [5.41, 5.74) is 1.25. The maximum atomic E-state index is 6.14. The quantitative estimate of drug-likeness (QED) is 0.654. The fourth-order valence-corrected chi connectivity index (χ4v) is 2.78. The molecule has 0 atom stereocenters. The van der Waals surface area contributed by atoms with Gasteiger partial charge in [0.2, 0.25) is 5.82 Å². The Hall–Kier alpha value is -1.37. The molecule has 0 aliphatic heterocycles. The average Bonchev–Trinajstić information content (AvgIpc) is 3.05. The summed E-state index contributed by atoms with van der Waals surface area (Å²) < 4.78 is 7.84. The van der Waals surface area contributed by atoms with Crippen molar-refractivity contribution in [3.05, 3.63) is 38.9 Å². The minimum atomic E-state index is 0.329. The van der Waals surface area contributed by atoms with Gasteiger partial charge in [0.25, 0.3) is 5.89 Å². The van der Waals surface area contributed by atoms with Crippen LogP contribution in [0.5, 0.6) is 0 Å². The van der Waals surface area contributed by atoms with Crippen LogP contribution >= 0.6 is 39.1 Å². The maximum absolute atomic E-state index is 6.14. The number of halogens is 3. The molecule has 0 spiro atoms. The van der Waals surface area contributed by atoms with Gasteiger partial charge in [-0.15, -0.1) is 0 Å². The Bertz CT molecular complexity index is 799. The van der Waals surface area contributed by atoms with Crippen molar-refractivity contribution in [3.63, 3.8) is 0 Å². The Balaban J connectivity index is 2.01. The highest BCUT2D eigenvalue weighted by molar-refractivity contribution is 9.10. The predicted octanol–water partition coefficient (Wildman–Crippen LogP) is 4.69. The van der Waals surface area contributed by atoms with Crippen LogP contribution in [-0.2, 0) is 6.54 Å². The van der Waals surface area contributed by atoms with Gasteiger partial charge in [-0.2, -0.15) is 10.1 Å². The van der Waals surface area contributed by atoms with Crippen molar-refractivity contribution in [2.45, 2.75) is 13.5 Å². The standard InChI is InChI=1S/C13H9BrCl2N4O/c1-2-20-6-9(14)11(18-20)13-17-12(19-21-13)8-4-3-7(15)5-10(8)16/h3-6H,2H2,1H3. The van der Waals surface area contributed by atoms with Crippen LogP contribution in [0.3, 0.4) is 0 Å². The Labute approximate surface area is 139 Å². The van der Waals surface area contributed by atoms with Crippen LogP contribution in [0, 0.1) is 0 Å². The number of nitrogens with zero attached hydrogens (tertiary/aromatic N) is 4. The van der Waals surface area contributed by atoms with Gasteiger partial charge in [0.05, 0.1) is 9.50 Å². The van der Waals surface area contributed by atoms with Crippen molar-refractivity contribution in [2.75, 3.05) is 0 Å². The highest BCUT2D eigenvalue weighted by Gasteiger charge is 2.18. The summed E-state index contributed by atoms with van der Waals surface area (Å²) in [7, 11) is 0. The van der Waals surface area contributed by atoms with E-state index in [0.717, 1.165) is 11.0 Å². The fourth-order valence-electron chi connectivity index (χ4n) is 1.80. The van der Waals surface area contributed by atoms with E-state index in [0.29, 0.717) is 33.0 Å². The molecule has 0 bridgehead atoms. The Kier molecular flexibility index (Phi) is 4.01. The molecule has 0 N–H and O–H groups in total. The number of rotatable bonds is 3. The van der Waals surface area contributed by atoms with Crippen molar-refractivity contribution in [1.29, 1.82) is 0 Å². The molecule has 0 saturated carbocycles. The minimum absolute atomic E-state index is 0.329. The Morgan fingerprint density at radius 2 is 2.14 bits per heavy atom. The zero-order valence-corrected chi connectivity index (χ0v) is 13.9. The van der Waals surface area contributed by atoms with Crippen LogP contribution in [0.15, 0.2) is 33.4 Å².